The zero-order chi connectivity index (χ0) is 37.6. The van der Waals surface area contributed by atoms with Crippen LogP contribution in [0.3, 0.4) is 0 Å². The summed E-state index contributed by atoms with van der Waals surface area (Å²) in [6, 6.07) is 0. The number of hydrogen-bond donors (Lipinski definition) is 1. The van der Waals surface area contributed by atoms with Gasteiger partial charge in [-0.15, -0.1) is 0 Å². The maximum Gasteiger partial charge on any atom is 0.449 e. The van der Waals surface area contributed by atoms with E-state index in [0.29, 0.717) is 51.4 Å². The molecule has 6 fully saturated rings. The summed E-state index contributed by atoms with van der Waals surface area (Å²) in [7, 11) is 3.34. The highest BCUT2D eigenvalue weighted by Crippen LogP contribution is 2.62. The predicted octanol–water partition coefficient (Wildman–Crippen LogP) is 7.17. The number of ether oxygens (including phenoxy) is 4. The van der Waals surface area contributed by atoms with Gasteiger partial charge in [0.15, 0.2) is 11.2 Å². The van der Waals surface area contributed by atoms with E-state index in [4.69, 9.17) is 33.6 Å². The fourth-order valence-corrected chi connectivity index (χ4v) is 10.7. The van der Waals surface area contributed by atoms with Crippen LogP contribution in [-0.4, -0.2) is 103 Å². The van der Waals surface area contributed by atoms with Gasteiger partial charge in [0.2, 0.25) is 29.9 Å². The molecule has 2 bridgehead atoms. The van der Waals surface area contributed by atoms with Gasteiger partial charge in [0, 0.05) is 56.3 Å². The molecular weight excluding hydrogens is 702 g/mol. The summed E-state index contributed by atoms with van der Waals surface area (Å²) in [6.07, 6.45) is -8.34. The Morgan fingerprint density at radius 2 is 1.29 bits per heavy atom. The summed E-state index contributed by atoms with van der Waals surface area (Å²) < 4.78 is 112. The number of hydrogen-bond acceptors (Lipinski definition) is 10. The van der Waals surface area contributed by atoms with Gasteiger partial charge in [-0.2, -0.15) is 26.3 Å². The average Bonchev–Trinajstić information content (AvgIpc) is 3.38. The van der Waals surface area contributed by atoms with Crippen molar-refractivity contribution in [2.75, 3.05) is 40.3 Å². The van der Waals surface area contributed by atoms with Crippen molar-refractivity contribution in [3.8, 4) is 0 Å². The predicted molar refractivity (Wildman–Crippen MR) is 172 cm³/mol. The Morgan fingerprint density at radius 1 is 0.731 bits per heavy atom. The second kappa shape index (κ2) is 13.5. The van der Waals surface area contributed by atoms with Crippen LogP contribution in [0.5, 0.6) is 0 Å². The smallest absolute Gasteiger partial charge is 0.449 e. The van der Waals surface area contributed by atoms with Crippen LogP contribution in [0.1, 0.15) is 79.1 Å². The molecule has 52 heavy (non-hydrogen) atoms. The van der Waals surface area contributed by atoms with Crippen LogP contribution < -0.4 is 0 Å². The maximum atomic E-state index is 14.7. The van der Waals surface area contributed by atoms with E-state index in [1.165, 1.54) is 0 Å². The molecular formula is C36H52F6N2O8. The molecule has 296 valence electrons. The third kappa shape index (κ3) is 6.28. The molecule has 8 aliphatic rings. The SMILES string of the molecule is C[C@@H]1CC[C@H]2C(CN(C)CCN(C)CC3=C(C(F)(F)F)O[C@@H]4OC5(C)CCC6[C@H](C)CC[C@@H]3[C@]64OO5)=C(C(F)(F)F)O[C@@H]3O[C@@H](C)CCC1C32OO. The molecule has 0 aromatic rings. The molecule has 4 saturated heterocycles. The summed E-state index contributed by atoms with van der Waals surface area (Å²) in [5.74, 6) is -5.18. The van der Waals surface area contributed by atoms with Crippen molar-refractivity contribution in [1.82, 2.24) is 9.80 Å². The molecule has 0 radical (unpaired) electrons. The Bertz CT molecular complexity index is 1360. The van der Waals surface area contributed by atoms with Gasteiger partial charge in [-0.05, 0) is 95.9 Å². The van der Waals surface area contributed by atoms with Crippen molar-refractivity contribution in [3.63, 3.8) is 0 Å². The van der Waals surface area contributed by atoms with Crippen LogP contribution in [-0.2, 0) is 33.6 Å². The molecule has 16 heteroatoms. The number of allylic oxidation sites excluding steroid dienone is 2. The molecule has 0 amide bonds. The van der Waals surface area contributed by atoms with E-state index in [0.717, 1.165) is 0 Å². The monoisotopic (exact) mass is 754 g/mol. The molecule has 2 saturated carbocycles. The minimum Gasteiger partial charge on any atom is -0.456 e. The summed E-state index contributed by atoms with van der Waals surface area (Å²) in [5, 5.41) is 10.5. The Kier molecular flexibility index (Phi) is 10.0. The lowest BCUT2D eigenvalue weighted by Crippen LogP contribution is -2.67. The lowest BCUT2D eigenvalue weighted by Gasteiger charge is -2.57. The van der Waals surface area contributed by atoms with Gasteiger partial charge < -0.3 is 28.7 Å². The quantitative estimate of drug-likeness (QED) is 0.156. The zero-order valence-corrected chi connectivity index (χ0v) is 30.6. The van der Waals surface area contributed by atoms with Crippen LogP contribution in [0.25, 0.3) is 0 Å². The van der Waals surface area contributed by atoms with E-state index in [2.05, 4.69) is 6.92 Å². The highest BCUT2D eigenvalue weighted by molar-refractivity contribution is 5.30. The second-order valence-corrected chi connectivity index (χ2v) is 16.8. The van der Waals surface area contributed by atoms with E-state index in [1.54, 1.807) is 37.7 Å². The number of fused-ring (bicyclic) bond motifs is 2. The van der Waals surface area contributed by atoms with Crippen LogP contribution in [0.15, 0.2) is 22.7 Å². The highest BCUT2D eigenvalue weighted by atomic mass is 19.4. The minimum atomic E-state index is -4.83. The number of halogens is 6. The van der Waals surface area contributed by atoms with Crippen molar-refractivity contribution < 1.29 is 65.2 Å². The fourth-order valence-electron chi connectivity index (χ4n) is 10.7. The van der Waals surface area contributed by atoms with E-state index in [1.807, 2.05) is 6.92 Å². The third-order valence-electron chi connectivity index (χ3n) is 13.3. The minimum absolute atomic E-state index is 0.0249. The molecule has 0 aromatic carbocycles. The van der Waals surface area contributed by atoms with Gasteiger partial charge in [0.05, 0.1) is 6.10 Å². The largest absolute Gasteiger partial charge is 0.456 e. The average molecular weight is 755 g/mol. The summed E-state index contributed by atoms with van der Waals surface area (Å²) in [4.78, 5) is 20.5. The number of likely N-dealkylation sites (N-methyl/N-ethyl adjacent to an activating group) is 2. The Morgan fingerprint density at radius 3 is 1.88 bits per heavy atom. The molecule has 12 atom stereocenters. The van der Waals surface area contributed by atoms with Crippen molar-refractivity contribution in [2.45, 2.75) is 127 Å². The first-order chi connectivity index (χ1) is 24.3. The normalized spacial score (nSPS) is 43.5. The molecule has 0 aromatic heterocycles. The molecule has 1 spiro atoms. The number of rotatable bonds is 8. The Labute approximate surface area is 300 Å². The van der Waals surface area contributed by atoms with Gasteiger partial charge in [-0.25, -0.2) is 14.7 Å². The maximum absolute atomic E-state index is 14.7. The first-order valence-electron chi connectivity index (χ1n) is 18.7. The highest BCUT2D eigenvalue weighted by Gasteiger charge is 2.70. The van der Waals surface area contributed by atoms with Crippen LogP contribution in [0, 0.1) is 35.5 Å². The van der Waals surface area contributed by atoms with Gasteiger partial charge in [0.25, 0.3) is 0 Å². The van der Waals surface area contributed by atoms with Gasteiger partial charge in [0.1, 0.15) is 0 Å². The van der Waals surface area contributed by atoms with Gasteiger partial charge in [-0.3, -0.25) is 5.26 Å². The third-order valence-corrected chi connectivity index (χ3v) is 13.3. The van der Waals surface area contributed by atoms with Crippen molar-refractivity contribution in [3.05, 3.63) is 22.7 Å². The van der Waals surface area contributed by atoms with Crippen LogP contribution in [0.4, 0.5) is 26.3 Å². The molecule has 10 nitrogen and oxygen atoms in total. The second-order valence-electron chi connectivity index (χ2n) is 16.8. The molecule has 6 aliphatic heterocycles. The van der Waals surface area contributed by atoms with Crippen LogP contribution >= 0.6 is 0 Å². The lowest BCUT2D eigenvalue weighted by atomic mass is 9.59. The Balaban J connectivity index is 1.12. The van der Waals surface area contributed by atoms with Crippen LogP contribution in [0.2, 0.25) is 0 Å². The molecule has 2 aliphatic carbocycles. The van der Waals surface area contributed by atoms with Crippen molar-refractivity contribution in [2.24, 2.45) is 35.5 Å². The van der Waals surface area contributed by atoms with E-state index in [9.17, 15) is 31.6 Å². The number of alkyl halides is 6. The van der Waals surface area contributed by atoms with Gasteiger partial charge >= 0.3 is 12.4 Å². The molecule has 4 unspecified atom stereocenters. The zero-order valence-electron chi connectivity index (χ0n) is 30.6. The van der Waals surface area contributed by atoms with E-state index >= 15 is 0 Å². The van der Waals surface area contributed by atoms with Gasteiger partial charge in [-0.1, -0.05) is 13.8 Å². The molecule has 1 N–H and O–H groups in total. The Hall–Kier alpha value is -1.66. The summed E-state index contributed by atoms with van der Waals surface area (Å²) in [6.45, 7) is 7.69. The van der Waals surface area contributed by atoms with Crippen molar-refractivity contribution >= 4 is 0 Å². The number of nitrogens with zero attached hydrogens (tertiary/aromatic N) is 2. The molecule has 8 rings (SSSR count). The molecule has 6 heterocycles. The first-order valence-corrected chi connectivity index (χ1v) is 18.7. The summed E-state index contributed by atoms with van der Waals surface area (Å²) in [5.41, 5.74) is -2.72. The lowest BCUT2D eigenvalue weighted by molar-refractivity contribution is -0.557. The topological polar surface area (TPSA) is 91.3 Å². The first kappa shape index (κ1) is 38.6. The standard InChI is InChI=1S/C36H52F6N2O8/c1-19-7-10-26-22(28(35(37,38)39)47-30-33(26,50-45)24(19)12-9-21(3)46-30)17-43(5)15-16-44(6)18-23-27-11-8-20(2)25-13-14-32(4)49-31(34(25,27)52-51-32)48-29(23)36(40,41)42/h19-21,24-27,30-31,45H,7-18H2,1-6H3/t19-,20-,21+,24?,25?,26+,27+,30+,31-,32?,33?,34-/m1/s1. The van der Waals surface area contributed by atoms with E-state index < -0.39 is 71.4 Å². The van der Waals surface area contributed by atoms with E-state index in [-0.39, 0.29) is 61.0 Å². The van der Waals surface area contributed by atoms with Crippen molar-refractivity contribution in [1.29, 1.82) is 0 Å². The fraction of sp³-hybridized carbons (Fsp3) is 0.889. The summed E-state index contributed by atoms with van der Waals surface area (Å²) >= 11 is 0.